The molecular weight excluding hydrogens is 494 g/mol. The fourth-order valence-electron chi connectivity index (χ4n) is 4.66. The lowest BCUT2D eigenvalue weighted by Gasteiger charge is -2.44. The van der Waals surface area contributed by atoms with E-state index in [0.717, 1.165) is 0 Å². The molecule has 0 spiro atoms. The SMILES string of the molecule is COc1ccc(S(=O)(=O)Cl)c(OC)c1OC(=O)C1(C(C)O)c2ccccc2N(C)c2ccccc21. The van der Waals surface area contributed by atoms with E-state index < -0.39 is 26.5 Å². The maximum Gasteiger partial charge on any atom is 0.329 e. The summed E-state index contributed by atoms with van der Waals surface area (Å²) in [4.78, 5) is 15.7. The minimum absolute atomic E-state index is 0.0505. The Labute approximate surface area is 208 Å². The molecule has 3 aromatic carbocycles. The number of anilines is 2. The molecule has 0 bridgehead atoms. The summed E-state index contributed by atoms with van der Waals surface area (Å²) in [5.41, 5.74) is 0.826. The number of fused-ring (bicyclic) bond motifs is 2. The van der Waals surface area contributed by atoms with Crippen LogP contribution in [0, 0.1) is 0 Å². The van der Waals surface area contributed by atoms with Gasteiger partial charge in [-0.1, -0.05) is 36.4 Å². The zero-order valence-corrected chi connectivity index (χ0v) is 21.1. The van der Waals surface area contributed by atoms with E-state index in [0.29, 0.717) is 22.5 Å². The van der Waals surface area contributed by atoms with E-state index >= 15 is 0 Å². The van der Waals surface area contributed by atoms with E-state index in [1.807, 2.05) is 36.2 Å². The van der Waals surface area contributed by atoms with Crippen LogP contribution < -0.4 is 19.1 Å². The molecular formula is C25H24ClNO7S. The summed E-state index contributed by atoms with van der Waals surface area (Å²) in [6, 6.07) is 16.9. The minimum atomic E-state index is -4.25. The van der Waals surface area contributed by atoms with Gasteiger partial charge in [0.15, 0.2) is 11.5 Å². The lowest BCUT2D eigenvalue weighted by atomic mass is 9.67. The highest BCUT2D eigenvalue weighted by Gasteiger charge is 2.54. The Morgan fingerprint density at radius 2 is 1.49 bits per heavy atom. The smallest absolute Gasteiger partial charge is 0.329 e. The maximum atomic E-state index is 14.2. The molecule has 8 nitrogen and oxygen atoms in total. The maximum absolute atomic E-state index is 14.2. The topological polar surface area (TPSA) is 102 Å². The first-order valence-corrected chi connectivity index (χ1v) is 12.9. The Hall–Kier alpha value is -3.27. The van der Waals surface area contributed by atoms with Crippen LogP contribution >= 0.6 is 10.7 Å². The molecule has 0 fully saturated rings. The van der Waals surface area contributed by atoms with Crippen LogP contribution in [0.15, 0.2) is 65.6 Å². The standard InChI is InChI=1S/C25H24ClNO7S/c1-15(28)25(16-9-5-7-11-18(16)27(2)19-12-8-6-10-17(19)25)24(29)34-22-20(32-3)13-14-21(23(22)33-4)35(26,30)31/h5-15,28H,1-4H3. The predicted molar refractivity (Wildman–Crippen MR) is 132 cm³/mol. The molecule has 1 heterocycles. The van der Waals surface area contributed by atoms with Gasteiger partial charge in [0.2, 0.25) is 5.75 Å². The Bertz CT molecular complexity index is 1360. The highest BCUT2D eigenvalue weighted by molar-refractivity contribution is 8.13. The van der Waals surface area contributed by atoms with E-state index in [4.69, 9.17) is 24.9 Å². The van der Waals surface area contributed by atoms with Gasteiger partial charge in [-0.3, -0.25) is 4.79 Å². The fraction of sp³-hybridized carbons (Fsp3) is 0.240. The number of aliphatic hydroxyl groups is 1. The summed E-state index contributed by atoms with van der Waals surface area (Å²) in [7, 11) is 5.78. The number of carbonyl (C=O) groups is 1. The van der Waals surface area contributed by atoms with Crippen molar-refractivity contribution in [2.45, 2.75) is 23.3 Å². The van der Waals surface area contributed by atoms with Crippen molar-refractivity contribution in [2.24, 2.45) is 0 Å². The van der Waals surface area contributed by atoms with Crippen LogP contribution in [0.5, 0.6) is 17.2 Å². The summed E-state index contributed by atoms with van der Waals surface area (Å²) >= 11 is 0. The van der Waals surface area contributed by atoms with Crippen LogP contribution in [0.4, 0.5) is 11.4 Å². The van der Waals surface area contributed by atoms with Crippen LogP contribution in [0.3, 0.4) is 0 Å². The van der Waals surface area contributed by atoms with Crippen LogP contribution in [-0.2, 0) is 19.3 Å². The second-order valence-electron chi connectivity index (χ2n) is 8.03. The Morgan fingerprint density at radius 1 is 0.943 bits per heavy atom. The minimum Gasteiger partial charge on any atom is -0.493 e. The van der Waals surface area contributed by atoms with Crippen LogP contribution in [0.2, 0.25) is 0 Å². The molecule has 0 saturated heterocycles. The first kappa shape index (κ1) is 24.8. The number of rotatable bonds is 6. The second kappa shape index (κ2) is 9.07. The van der Waals surface area contributed by atoms with Crippen molar-refractivity contribution in [1.82, 2.24) is 0 Å². The number of aliphatic hydroxyl groups excluding tert-OH is 1. The number of hydrogen-bond donors (Lipinski definition) is 1. The van der Waals surface area contributed by atoms with Crippen LogP contribution in [0.1, 0.15) is 18.1 Å². The van der Waals surface area contributed by atoms with E-state index in [2.05, 4.69) is 0 Å². The number of esters is 1. The number of halogens is 1. The second-order valence-corrected chi connectivity index (χ2v) is 10.6. The first-order valence-electron chi connectivity index (χ1n) is 10.6. The van der Waals surface area contributed by atoms with Gasteiger partial charge in [-0.05, 0) is 31.2 Å². The molecule has 0 saturated carbocycles. The molecule has 1 aliphatic rings. The molecule has 4 rings (SSSR count). The molecule has 0 amide bonds. The highest BCUT2D eigenvalue weighted by Crippen LogP contribution is 2.52. The van der Waals surface area contributed by atoms with Crippen molar-refractivity contribution >= 4 is 37.1 Å². The molecule has 3 aromatic rings. The summed E-state index contributed by atoms with van der Waals surface area (Å²) in [5, 5.41) is 11.2. The number of methoxy groups -OCH3 is 2. The van der Waals surface area contributed by atoms with Crippen molar-refractivity contribution in [2.75, 3.05) is 26.2 Å². The summed E-state index contributed by atoms with van der Waals surface area (Å²) in [5.74, 6) is -1.35. The summed E-state index contributed by atoms with van der Waals surface area (Å²) in [6.45, 7) is 1.51. The lowest BCUT2D eigenvalue weighted by molar-refractivity contribution is -0.143. The number of hydrogen-bond acceptors (Lipinski definition) is 8. The quantitative estimate of drug-likeness (QED) is 0.297. The van der Waals surface area contributed by atoms with Gasteiger partial charge in [0, 0.05) is 40.2 Å². The van der Waals surface area contributed by atoms with Crippen molar-refractivity contribution < 1.29 is 32.5 Å². The van der Waals surface area contributed by atoms with Crippen molar-refractivity contribution in [1.29, 1.82) is 0 Å². The third-order valence-electron chi connectivity index (χ3n) is 6.25. The predicted octanol–water partition coefficient (Wildman–Crippen LogP) is 3.99. The van der Waals surface area contributed by atoms with Crippen LogP contribution in [-0.4, -0.2) is 46.9 Å². The van der Waals surface area contributed by atoms with Gasteiger partial charge < -0.3 is 24.2 Å². The van der Waals surface area contributed by atoms with Gasteiger partial charge in [-0.2, -0.15) is 0 Å². The zero-order chi connectivity index (χ0) is 25.5. The highest BCUT2D eigenvalue weighted by atomic mass is 35.7. The first-order chi connectivity index (χ1) is 16.6. The third kappa shape index (κ3) is 3.80. The summed E-state index contributed by atoms with van der Waals surface area (Å²) < 4.78 is 40.8. The van der Waals surface area contributed by atoms with Crippen LogP contribution in [0.25, 0.3) is 0 Å². The van der Waals surface area contributed by atoms with Gasteiger partial charge in [0.25, 0.3) is 9.05 Å². The van der Waals surface area contributed by atoms with E-state index in [1.165, 1.54) is 33.3 Å². The van der Waals surface area contributed by atoms with Gasteiger partial charge in [-0.15, -0.1) is 0 Å². The zero-order valence-electron chi connectivity index (χ0n) is 19.5. The van der Waals surface area contributed by atoms with Gasteiger partial charge >= 0.3 is 5.97 Å². The fourth-order valence-corrected chi connectivity index (χ4v) is 5.65. The average Bonchev–Trinajstić information content (AvgIpc) is 2.83. The van der Waals surface area contributed by atoms with Crippen molar-refractivity contribution in [3.8, 4) is 17.2 Å². The molecule has 184 valence electrons. The largest absolute Gasteiger partial charge is 0.493 e. The molecule has 1 atom stereocenters. The number of carbonyl (C=O) groups excluding carboxylic acids is 1. The molecule has 35 heavy (non-hydrogen) atoms. The Balaban J connectivity index is 1.99. The normalized spacial score (nSPS) is 15.0. The lowest BCUT2D eigenvalue weighted by Crippen LogP contribution is -2.51. The molecule has 0 aliphatic carbocycles. The molecule has 0 radical (unpaired) electrons. The monoisotopic (exact) mass is 517 g/mol. The van der Waals surface area contributed by atoms with Gasteiger partial charge in [0.05, 0.1) is 20.3 Å². The Kier molecular flexibility index (Phi) is 6.44. The molecule has 1 N–H and O–H groups in total. The van der Waals surface area contributed by atoms with Crippen molar-refractivity contribution in [3.63, 3.8) is 0 Å². The molecule has 0 aromatic heterocycles. The number of para-hydroxylation sites is 2. The average molecular weight is 518 g/mol. The molecule has 1 unspecified atom stereocenters. The third-order valence-corrected chi connectivity index (χ3v) is 7.60. The van der Waals surface area contributed by atoms with E-state index in [1.54, 1.807) is 24.3 Å². The van der Waals surface area contributed by atoms with Gasteiger partial charge in [0.1, 0.15) is 10.3 Å². The van der Waals surface area contributed by atoms with E-state index in [-0.39, 0.29) is 22.1 Å². The Morgan fingerprint density at radius 3 is 1.94 bits per heavy atom. The number of nitrogens with zero attached hydrogens (tertiary/aromatic N) is 1. The number of benzene rings is 3. The molecule has 1 aliphatic heterocycles. The van der Waals surface area contributed by atoms with E-state index in [9.17, 15) is 18.3 Å². The number of ether oxygens (including phenoxy) is 3. The van der Waals surface area contributed by atoms with Gasteiger partial charge in [-0.25, -0.2) is 8.42 Å². The molecule has 10 heteroatoms. The van der Waals surface area contributed by atoms with Crippen molar-refractivity contribution in [3.05, 3.63) is 71.8 Å². The summed E-state index contributed by atoms with van der Waals surface area (Å²) in [6.07, 6.45) is -1.23.